The number of halogens is 2. The Morgan fingerprint density at radius 3 is 2.57 bits per heavy atom. The first-order valence-corrected chi connectivity index (χ1v) is 10.4. The van der Waals surface area contributed by atoms with E-state index in [0.29, 0.717) is 63.8 Å². The van der Waals surface area contributed by atoms with Crippen LogP contribution in [0.4, 0.5) is 0 Å². The zero-order valence-corrected chi connectivity index (χ0v) is 18.7. The molecule has 3 rings (SSSR count). The number of carboxylic acids is 1. The van der Waals surface area contributed by atoms with Crippen LogP contribution in [0.15, 0.2) is 23.3 Å². The molecule has 160 valence electrons. The van der Waals surface area contributed by atoms with E-state index in [2.05, 4.69) is 15.6 Å². The minimum absolute atomic E-state index is 0.0351. The highest BCUT2D eigenvalue weighted by atomic mass is 35.5. The van der Waals surface area contributed by atoms with Crippen LogP contribution >= 0.6 is 35.4 Å². The topological polar surface area (TPSA) is 103 Å². The monoisotopic (exact) mass is 469 g/mol. The van der Waals surface area contributed by atoms with Crippen molar-refractivity contribution in [2.24, 2.45) is 18.1 Å². The summed E-state index contributed by atoms with van der Waals surface area (Å²) < 4.78 is 1.54. The van der Waals surface area contributed by atoms with Crippen molar-refractivity contribution in [1.82, 2.24) is 20.1 Å². The van der Waals surface area contributed by atoms with E-state index in [4.69, 9.17) is 40.5 Å². The molecule has 1 aliphatic rings. The summed E-state index contributed by atoms with van der Waals surface area (Å²) in [6.07, 6.45) is 1.07. The Hall–Kier alpha value is -2.36. The minimum Gasteiger partial charge on any atom is -0.504 e. The molecular formula is C19H21Cl2N5O3S. The molecule has 1 aromatic carbocycles. The highest BCUT2D eigenvalue weighted by Gasteiger charge is 2.26. The van der Waals surface area contributed by atoms with Crippen molar-refractivity contribution in [2.45, 2.75) is 19.8 Å². The van der Waals surface area contributed by atoms with Crippen LogP contribution in [0.2, 0.25) is 10.0 Å². The molecule has 0 spiro atoms. The average molecular weight is 470 g/mol. The van der Waals surface area contributed by atoms with Gasteiger partial charge in [0, 0.05) is 25.7 Å². The summed E-state index contributed by atoms with van der Waals surface area (Å²) in [7, 11) is 1.71. The predicted molar refractivity (Wildman–Crippen MR) is 120 cm³/mol. The standard InChI is InChI=1S/C19H21Cl2N5O3S/c1-10(22-23-19(30)26-7-5-11(6-8-26)18(28)29)15-17(27)16(25(2)24-15)12-3-4-13(20)14(21)9-12/h3-4,9,11,27H,5-8H2,1-2H3,(H,23,30)(H,28,29)/b22-10-. The molecule has 0 radical (unpaired) electrons. The van der Waals surface area contributed by atoms with E-state index in [-0.39, 0.29) is 11.7 Å². The lowest BCUT2D eigenvalue weighted by Gasteiger charge is -2.31. The van der Waals surface area contributed by atoms with Gasteiger partial charge in [-0.25, -0.2) is 0 Å². The maximum absolute atomic E-state index is 11.1. The van der Waals surface area contributed by atoms with Crippen molar-refractivity contribution in [3.8, 4) is 17.0 Å². The number of piperidine rings is 1. The van der Waals surface area contributed by atoms with Crippen LogP contribution in [0.1, 0.15) is 25.5 Å². The molecule has 1 aromatic heterocycles. The van der Waals surface area contributed by atoms with Crippen molar-refractivity contribution in [3.63, 3.8) is 0 Å². The van der Waals surface area contributed by atoms with Gasteiger partial charge < -0.3 is 15.1 Å². The van der Waals surface area contributed by atoms with Gasteiger partial charge in [0.2, 0.25) is 0 Å². The summed E-state index contributed by atoms with van der Waals surface area (Å²) in [5.74, 6) is -1.14. The van der Waals surface area contributed by atoms with Crippen molar-refractivity contribution < 1.29 is 15.0 Å². The number of carboxylic acid groups (broad SMARTS) is 1. The summed E-state index contributed by atoms with van der Waals surface area (Å²) in [4.78, 5) is 12.9. The first kappa shape index (κ1) is 22.3. The molecule has 2 heterocycles. The molecule has 0 atom stereocenters. The zero-order chi connectivity index (χ0) is 22.0. The molecular weight excluding hydrogens is 449 g/mol. The fourth-order valence-electron chi connectivity index (χ4n) is 3.31. The molecule has 2 aromatic rings. The molecule has 1 fully saturated rings. The van der Waals surface area contributed by atoms with E-state index in [1.165, 1.54) is 4.68 Å². The fraction of sp³-hybridized carbons (Fsp3) is 0.368. The Morgan fingerprint density at radius 2 is 1.97 bits per heavy atom. The maximum atomic E-state index is 11.1. The van der Waals surface area contributed by atoms with Gasteiger partial charge in [0.1, 0.15) is 5.69 Å². The Labute approximate surface area is 189 Å². The molecule has 30 heavy (non-hydrogen) atoms. The molecule has 1 saturated heterocycles. The van der Waals surface area contributed by atoms with Crippen LogP contribution < -0.4 is 5.43 Å². The van der Waals surface area contributed by atoms with E-state index in [0.717, 1.165) is 0 Å². The van der Waals surface area contributed by atoms with E-state index in [1.54, 1.807) is 32.2 Å². The highest BCUT2D eigenvalue weighted by molar-refractivity contribution is 7.80. The van der Waals surface area contributed by atoms with E-state index >= 15 is 0 Å². The van der Waals surface area contributed by atoms with Gasteiger partial charge >= 0.3 is 5.97 Å². The quantitative estimate of drug-likeness (QED) is 0.357. The van der Waals surface area contributed by atoms with Crippen molar-refractivity contribution >= 4 is 52.2 Å². The number of aryl methyl sites for hydroxylation is 1. The number of likely N-dealkylation sites (tertiary alicyclic amines) is 1. The van der Waals surface area contributed by atoms with Crippen molar-refractivity contribution in [3.05, 3.63) is 33.9 Å². The molecule has 1 aliphatic heterocycles. The number of thiocarbonyl (C=S) groups is 1. The van der Waals surface area contributed by atoms with Crippen LogP contribution in [0, 0.1) is 5.92 Å². The second-order valence-corrected chi connectivity index (χ2v) is 8.21. The molecule has 0 unspecified atom stereocenters. The van der Waals surface area contributed by atoms with Crippen LogP contribution in [-0.4, -0.2) is 54.8 Å². The zero-order valence-electron chi connectivity index (χ0n) is 16.4. The van der Waals surface area contributed by atoms with Gasteiger partial charge in [-0.05, 0) is 44.1 Å². The van der Waals surface area contributed by atoms with Gasteiger partial charge in [-0.1, -0.05) is 29.3 Å². The van der Waals surface area contributed by atoms with E-state index < -0.39 is 5.97 Å². The van der Waals surface area contributed by atoms with Crippen LogP contribution in [0.3, 0.4) is 0 Å². The number of benzene rings is 1. The lowest BCUT2D eigenvalue weighted by Crippen LogP contribution is -2.44. The van der Waals surface area contributed by atoms with Gasteiger partial charge in [-0.15, -0.1) is 0 Å². The third kappa shape index (κ3) is 4.69. The first-order valence-electron chi connectivity index (χ1n) is 9.22. The Balaban J connectivity index is 1.73. The molecule has 3 N–H and O–H groups in total. The first-order chi connectivity index (χ1) is 14.2. The number of nitrogens with one attached hydrogen (secondary N) is 1. The Morgan fingerprint density at radius 1 is 1.30 bits per heavy atom. The molecule has 8 nitrogen and oxygen atoms in total. The number of hydrogen-bond acceptors (Lipinski definition) is 5. The van der Waals surface area contributed by atoms with E-state index in [9.17, 15) is 9.90 Å². The smallest absolute Gasteiger partial charge is 0.306 e. The van der Waals surface area contributed by atoms with Crippen LogP contribution in [-0.2, 0) is 11.8 Å². The van der Waals surface area contributed by atoms with Gasteiger partial charge in [0.15, 0.2) is 16.6 Å². The minimum atomic E-state index is -0.772. The van der Waals surface area contributed by atoms with Crippen molar-refractivity contribution in [2.75, 3.05) is 13.1 Å². The summed E-state index contributed by atoms with van der Waals surface area (Å²) in [5.41, 5.74) is 4.70. The normalized spacial score (nSPS) is 15.3. The summed E-state index contributed by atoms with van der Waals surface area (Å²) in [6, 6.07) is 5.06. The van der Waals surface area contributed by atoms with Gasteiger partial charge in [-0.3, -0.25) is 14.9 Å². The van der Waals surface area contributed by atoms with Gasteiger partial charge in [0.25, 0.3) is 0 Å². The maximum Gasteiger partial charge on any atom is 0.306 e. The molecule has 0 aliphatic carbocycles. The third-order valence-electron chi connectivity index (χ3n) is 5.01. The van der Waals surface area contributed by atoms with Crippen molar-refractivity contribution in [1.29, 1.82) is 0 Å². The largest absolute Gasteiger partial charge is 0.504 e. The average Bonchev–Trinajstić information content (AvgIpc) is 3.02. The molecule has 0 bridgehead atoms. The number of hydrogen-bond donors (Lipinski definition) is 3. The number of hydrazone groups is 1. The SMILES string of the molecule is C/C(=N/NC(=S)N1CCC(C(=O)O)CC1)c1nn(C)c(-c2ccc(Cl)c(Cl)c2)c1O. The van der Waals surface area contributed by atoms with Gasteiger partial charge in [-0.2, -0.15) is 10.2 Å². The number of nitrogens with zero attached hydrogens (tertiary/aromatic N) is 4. The number of aromatic hydroxyl groups is 1. The predicted octanol–water partition coefficient (Wildman–Crippen LogP) is 3.49. The molecule has 0 saturated carbocycles. The Bertz CT molecular complexity index is 1020. The lowest BCUT2D eigenvalue weighted by molar-refractivity contribution is -0.143. The number of aliphatic carboxylic acids is 1. The Kier molecular flexibility index (Phi) is 6.84. The third-order valence-corrected chi connectivity index (χ3v) is 6.10. The van der Waals surface area contributed by atoms with Crippen LogP contribution in [0.25, 0.3) is 11.3 Å². The number of carbonyl (C=O) groups is 1. The second kappa shape index (κ2) is 9.20. The van der Waals surface area contributed by atoms with E-state index in [1.807, 2.05) is 4.90 Å². The number of aromatic nitrogens is 2. The fourth-order valence-corrected chi connectivity index (χ4v) is 3.83. The summed E-state index contributed by atoms with van der Waals surface area (Å²) in [5, 5.41) is 29.6. The number of rotatable bonds is 4. The van der Waals surface area contributed by atoms with Crippen LogP contribution in [0.5, 0.6) is 5.75 Å². The second-order valence-electron chi connectivity index (χ2n) is 7.01. The summed E-state index contributed by atoms with van der Waals surface area (Å²) >= 11 is 17.4. The molecule has 0 amide bonds. The highest BCUT2D eigenvalue weighted by Crippen LogP contribution is 2.35. The van der Waals surface area contributed by atoms with Gasteiger partial charge in [0.05, 0.1) is 21.7 Å². The molecule has 11 heteroatoms. The summed E-state index contributed by atoms with van der Waals surface area (Å²) in [6.45, 7) is 2.80. The lowest BCUT2D eigenvalue weighted by atomic mass is 9.97.